The van der Waals surface area contributed by atoms with Gasteiger partial charge in [0, 0.05) is 50.6 Å². The van der Waals surface area contributed by atoms with E-state index in [-0.39, 0.29) is 24.7 Å². The third kappa shape index (κ3) is 6.08. The Morgan fingerprint density at radius 1 is 1.03 bits per heavy atom. The van der Waals surface area contributed by atoms with Gasteiger partial charge >= 0.3 is 0 Å². The number of likely N-dealkylation sites (tertiary alicyclic amines) is 2. The smallest absolute Gasteiger partial charge is 0.254 e. The van der Waals surface area contributed by atoms with E-state index in [0.717, 1.165) is 88.1 Å². The molecule has 2 aliphatic heterocycles. The van der Waals surface area contributed by atoms with Crippen LogP contribution in [0.1, 0.15) is 61.0 Å². The van der Waals surface area contributed by atoms with Gasteiger partial charge in [-0.15, -0.1) is 0 Å². The number of amides is 1. The lowest BCUT2D eigenvalue weighted by Crippen LogP contribution is -2.43. The molecule has 1 atom stereocenters. The highest BCUT2D eigenvalue weighted by Crippen LogP contribution is 2.25. The molecule has 0 unspecified atom stereocenters. The first-order valence-electron chi connectivity index (χ1n) is 12.0. The van der Waals surface area contributed by atoms with E-state index in [2.05, 4.69) is 16.0 Å². The van der Waals surface area contributed by atoms with Crippen molar-refractivity contribution in [2.75, 3.05) is 26.2 Å². The Bertz CT molecular complexity index is 835. The average Bonchev–Trinajstić information content (AvgIpc) is 2.85. The molecule has 4 rings (SSSR count). The highest BCUT2D eigenvalue weighted by atomic mass is 16.5. The summed E-state index contributed by atoms with van der Waals surface area (Å²) in [4.78, 5) is 21.9. The highest BCUT2D eigenvalue weighted by Gasteiger charge is 2.27. The first kappa shape index (κ1) is 22.7. The van der Waals surface area contributed by atoms with E-state index in [0.29, 0.717) is 0 Å². The number of pyridine rings is 1. The molecule has 1 aromatic heterocycles. The number of piperidine rings is 2. The number of aliphatic hydroxyl groups is 1. The van der Waals surface area contributed by atoms with Crippen molar-refractivity contribution in [1.82, 2.24) is 14.8 Å². The molecule has 32 heavy (non-hydrogen) atoms. The topological polar surface area (TPSA) is 65.9 Å². The van der Waals surface area contributed by atoms with Gasteiger partial charge in [-0.05, 0) is 81.3 Å². The molecule has 1 amide bonds. The van der Waals surface area contributed by atoms with Gasteiger partial charge in [0.1, 0.15) is 11.9 Å². The predicted molar refractivity (Wildman–Crippen MR) is 125 cm³/mol. The summed E-state index contributed by atoms with van der Waals surface area (Å²) in [5.74, 6) is 0.933. The van der Waals surface area contributed by atoms with Crippen LogP contribution in [0.25, 0.3) is 0 Å². The minimum Gasteiger partial charge on any atom is -0.490 e. The lowest BCUT2D eigenvalue weighted by Gasteiger charge is -2.36. The van der Waals surface area contributed by atoms with Crippen LogP contribution in [-0.2, 0) is 6.54 Å². The Morgan fingerprint density at radius 2 is 1.84 bits per heavy atom. The zero-order valence-electron chi connectivity index (χ0n) is 18.9. The fourth-order valence-corrected chi connectivity index (χ4v) is 4.84. The number of ether oxygens (including phenoxy) is 1. The van der Waals surface area contributed by atoms with Crippen molar-refractivity contribution in [2.45, 2.75) is 63.6 Å². The van der Waals surface area contributed by atoms with Gasteiger partial charge in [-0.1, -0.05) is 6.07 Å². The lowest BCUT2D eigenvalue weighted by molar-refractivity contribution is 0.0590. The number of carbonyl (C=O) groups is 1. The van der Waals surface area contributed by atoms with Crippen molar-refractivity contribution in [3.8, 4) is 5.75 Å². The Balaban J connectivity index is 1.27. The summed E-state index contributed by atoms with van der Waals surface area (Å²) in [6.45, 7) is 3.89. The maximum absolute atomic E-state index is 13.1. The van der Waals surface area contributed by atoms with E-state index < -0.39 is 0 Å². The van der Waals surface area contributed by atoms with E-state index >= 15 is 0 Å². The summed E-state index contributed by atoms with van der Waals surface area (Å²) < 4.78 is 6.21. The Hall–Kier alpha value is -2.44. The summed E-state index contributed by atoms with van der Waals surface area (Å²) in [7, 11) is 0. The summed E-state index contributed by atoms with van der Waals surface area (Å²) in [5, 5.41) is 9.16. The van der Waals surface area contributed by atoms with Crippen molar-refractivity contribution in [3.63, 3.8) is 0 Å². The maximum atomic E-state index is 13.1. The monoisotopic (exact) mass is 437 g/mol. The van der Waals surface area contributed by atoms with Gasteiger partial charge in [0.15, 0.2) is 0 Å². The number of carbonyl (C=O) groups excluding carboxylic acids is 1. The highest BCUT2D eigenvalue weighted by molar-refractivity contribution is 5.94. The fourth-order valence-electron chi connectivity index (χ4n) is 4.84. The van der Waals surface area contributed by atoms with Gasteiger partial charge in [-0.3, -0.25) is 14.7 Å². The molecule has 2 fully saturated rings. The van der Waals surface area contributed by atoms with Crippen LogP contribution in [0.5, 0.6) is 5.75 Å². The van der Waals surface area contributed by atoms with E-state index in [9.17, 15) is 4.79 Å². The third-order valence-electron chi connectivity index (χ3n) is 6.63. The second-order valence-corrected chi connectivity index (χ2v) is 8.95. The van der Waals surface area contributed by atoms with E-state index in [1.165, 1.54) is 0 Å². The van der Waals surface area contributed by atoms with Crippen molar-refractivity contribution in [1.29, 1.82) is 0 Å². The number of benzene rings is 1. The molecule has 0 spiro atoms. The molecule has 6 nitrogen and oxygen atoms in total. The zero-order chi connectivity index (χ0) is 22.2. The lowest BCUT2D eigenvalue weighted by atomic mass is 9.97. The molecule has 2 aromatic rings. The molecule has 1 N–H and O–H groups in total. The van der Waals surface area contributed by atoms with Crippen LogP contribution in [0.4, 0.5) is 0 Å². The number of hydrogen-bond acceptors (Lipinski definition) is 5. The van der Waals surface area contributed by atoms with Crippen molar-refractivity contribution in [2.24, 2.45) is 0 Å². The van der Waals surface area contributed by atoms with E-state index in [4.69, 9.17) is 9.84 Å². The van der Waals surface area contributed by atoms with Gasteiger partial charge in [-0.25, -0.2) is 0 Å². The molecule has 3 heterocycles. The molecule has 0 aliphatic carbocycles. The Kier molecular flexibility index (Phi) is 8.13. The molecule has 2 aliphatic rings. The SMILES string of the molecule is O=C(c1ccc(OC2CCN(Cc3ccccn3)CC2)cc1)N1CCCC[C@@H]1CCCO. The van der Waals surface area contributed by atoms with Crippen molar-refractivity contribution < 1.29 is 14.6 Å². The molecule has 2 saturated heterocycles. The first-order valence-corrected chi connectivity index (χ1v) is 12.0. The summed E-state index contributed by atoms with van der Waals surface area (Å²) in [6.07, 6.45) is 8.93. The largest absolute Gasteiger partial charge is 0.490 e. The minimum absolute atomic E-state index is 0.0991. The fraction of sp³-hybridized carbons (Fsp3) is 0.538. The summed E-state index contributed by atoms with van der Waals surface area (Å²) >= 11 is 0. The molecule has 0 radical (unpaired) electrons. The van der Waals surface area contributed by atoms with Gasteiger partial charge in [0.05, 0.1) is 5.69 Å². The number of aromatic nitrogens is 1. The predicted octanol–water partition coefficient (Wildman–Crippen LogP) is 3.89. The number of rotatable bonds is 8. The van der Waals surface area contributed by atoms with E-state index in [1.807, 2.05) is 47.5 Å². The standard InChI is InChI=1S/C26H35N3O3/c30-19-5-8-23-7-2-4-16-29(23)26(31)21-9-11-24(12-10-21)32-25-13-17-28(18-14-25)20-22-6-1-3-15-27-22/h1,3,6,9-12,15,23,25,30H,2,4-5,7-8,13-14,16-20H2/t23-/m1/s1. The third-order valence-corrected chi connectivity index (χ3v) is 6.63. The molecular weight excluding hydrogens is 402 g/mol. The molecular formula is C26H35N3O3. The molecule has 172 valence electrons. The van der Waals surface area contributed by atoms with Gasteiger partial charge in [0.25, 0.3) is 5.91 Å². The first-order chi connectivity index (χ1) is 15.7. The second kappa shape index (κ2) is 11.4. The number of aliphatic hydroxyl groups excluding tert-OH is 1. The van der Waals surface area contributed by atoms with Crippen molar-refractivity contribution in [3.05, 3.63) is 59.9 Å². The van der Waals surface area contributed by atoms with Gasteiger partial charge < -0.3 is 14.7 Å². The van der Waals surface area contributed by atoms with E-state index in [1.54, 1.807) is 0 Å². The summed E-state index contributed by atoms with van der Waals surface area (Å²) in [5.41, 5.74) is 1.83. The maximum Gasteiger partial charge on any atom is 0.254 e. The summed E-state index contributed by atoms with van der Waals surface area (Å²) in [6, 6.07) is 14.0. The van der Waals surface area contributed by atoms with Crippen molar-refractivity contribution >= 4 is 5.91 Å². The van der Waals surface area contributed by atoms with Crippen LogP contribution < -0.4 is 4.74 Å². The number of nitrogens with zero attached hydrogens (tertiary/aromatic N) is 3. The Morgan fingerprint density at radius 3 is 2.56 bits per heavy atom. The Labute approximate surface area is 191 Å². The zero-order valence-corrected chi connectivity index (χ0v) is 18.9. The van der Waals surface area contributed by atoms with Crippen LogP contribution in [0, 0.1) is 0 Å². The second-order valence-electron chi connectivity index (χ2n) is 8.95. The van der Waals surface area contributed by atoms with Crippen LogP contribution >= 0.6 is 0 Å². The molecule has 0 bridgehead atoms. The quantitative estimate of drug-likeness (QED) is 0.679. The van der Waals surface area contributed by atoms with Crippen LogP contribution in [0.15, 0.2) is 48.7 Å². The normalized spacial score (nSPS) is 20.3. The van der Waals surface area contributed by atoms with Gasteiger partial charge in [-0.2, -0.15) is 0 Å². The average molecular weight is 438 g/mol. The van der Waals surface area contributed by atoms with Crippen LogP contribution in [-0.4, -0.2) is 64.2 Å². The van der Waals surface area contributed by atoms with Gasteiger partial charge in [0.2, 0.25) is 0 Å². The van der Waals surface area contributed by atoms with Crippen LogP contribution in [0.3, 0.4) is 0 Å². The van der Waals surface area contributed by atoms with Crippen LogP contribution in [0.2, 0.25) is 0 Å². The molecule has 1 aromatic carbocycles. The molecule has 0 saturated carbocycles. The number of hydrogen-bond donors (Lipinski definition) is 1. The molecule has 6 heteroatoms. The minimum atomic E-state index is 0.0991.